The normalized spacial score (nSPS) is 15.7. The van der Waals surface area contributed by atoms with Crippen molar-refractivity contribution in [1.29, 1.82) is 0 Å². The van der Waals surface area contributed by atoms with Crippen molar-refractivity contribution in [2.45, 2.75) is 39.5 Å². The van der Waals surface area contributed by atoms with E-state index >= 15 is 0 Å². The maximum Gasteiger partial charge on any atom is 0.518 e. The molecule has 1 fully saturated rings. The van der Waals surface area contributed by atoms with E-state index in [9.17, 15) is 22.8 Å². The Kier molecular flexibility index (Phi) is 18.9. The first-order valence-electron chi connectivity index (χ1n) is 6.63. The van der Waals surface area contributed by atoms with Gasteiger partial charge in [-0.2, -0.15) is 0 Å². The molecule has 0 bridgehead atoms. The van der Waals surface area contributed by atoms with Crippen molar-refractivity contribution in [2.75, 3.05) is 27.6 Å². The van der Waals surface area contributed by atoms with Gasteiger partial charge >= 0.3 is 11.8 Å². The number of halogens is 3. The van der Waals surface area contributed by atoms with E-state index in [0.717, 1.165) is 0 Å². The van der Waals surface area contributed by atoms with E-state index in [0.29, 0.717) is 14.4 Å². The van der Waals surface area contributed by atoms with Gasteiger partial charge < -0.3 is 18.3 Å². The van der Waals surface area contributed by atoms with E-state index in [4.69, 9.17) is 4.74 Å². The highest BCUT2D eigenvalue weighted by atomic mass is 19.1. The van der Waals surface area contributed by atoms with Gasteiger partial charge in [0.25, 0.3) is 0 Å². The zero-order valence-corrected chi connectivity index (χ0v) is 14.2. The van der Waals surface area contributed by atoms with Crippen molar-refractivity contribution in [3.05, 3.63) is 23.1 Å². The van der Waals surface area contributed by atoms with Crippen LogP contribution in [0.25, 0.3) is 0 Å². The molecule has 9 heteroatoms. The standard InChI is InChI=1S/C7H11FO3.C3H2O3.C2H6.2CH3F/c1-7(2,8)5-3-11-6(9)4-10-5;4-3-5-1-2-6-3;3*1-2/h5H,3-4H2,1-2H3;1-2H;1-2H3;2*1H3. The third kappa shape index (κ3) is 14.9. The second kappa shape index (κ2) is 16.6. The molecule has 2 rings (SSSR count). The predicted molar refractivity (Wildman–Crippen MR) is 78.5 cm³/mol. The number of carbonyl (C=O) groups is 1. The molecule has 0 aliphatic carbocycles. The number of rotatable bonds is 1. The van der Waals surface area contributed by atoms with Crippen molar-refractivity contribution < 1.29 is 36.3 Å². The van der Waals surface area contributed by atoms with Gasteiger partial charge in [-0.05, 0) is 13.8 Å². The van der Waals surface area contributed by atoms with E-state index in [1.54, 1.807) is 0 Å². The number of esters is 1. The van der Waals surface area contributed by atoms with Crippen LogP contribution >= 0.6 is 0 Å². The summed E-state index contributed by atoms with van der Waals surface area (Å²) >= 11 is 0. The third-order valence-electron chi connectivity index (χ3n) is 1.95. The molecule has 0 spiro atoms. The van der Waals surface area contributed by atoms with Crippen LogP contribution in [-0.4, -0.2) is 45.3 Å². The summed E-state index contributed by atoms with van der Waals surface area (Å²) in [5.74, 6) is -1.08. The van der Waals surface area contributed by atoms with E-state index < -0.39 is 23.6 Å². The summed E-state index contributed by atoms with van der Waals surface area (Å²) in [5.41, 5.74) is -1.44. The van der Waals surface area contributed by atoms with E-state index in [1.807, 2.05) is 13.8 Å². The van der Waals surface area contributed by atoms with E-state index in [1.165, 1.54) is 26.4 Å². The first kappa shape index (κ1) is 26.1. The van der Waals surface area contributed by atoms with Gasteiger partial charge in [0, 0.05) is 0 Å². The summed E-state index contributed by atoms with van der Waals surface area (Å²) in [4.78, 5) is 20.2. The lowest BCUT2D eigenvalue weighted by atomic mass is 10.0. The maximum absolute atomic E-state index is 13.1. The van der Waals surface area contributed by atoms with Crippen molar-refractivity contribution in [1.82, 2.24) is 0 Å². The van der Waals surface area contributed by atoms with Crippen LogP contribution in [0.4, 0.5) is 13.2 Å². The lowest BCUT2D eigenvalue weighted by Gasteiger charge is -2.29. The Morgan fingerprint density at radius 2 is 1.48 bits per heavy atom. The molecule has 1 aromatic rings. The monoisotopic (exact) mass is 346 g/mol. The largest absolute Gasteiger partial charge is 0.518 e. The SMILES string of the molecule is CC.CC(C)(F)C1COC(=O)CO1.CF.CF.O=c1occo1. The first-order chi connectivity index (χ1) is 10.9. The maximum atomic E-state index is 13.1. The van der Waals surface area contributed by atoms with Crippen LogP contribution in [0.3, 0.4) is 0 Å². The number of hydrogen-bond donors (Lipinski definition) is 0. The average molecular weight is 346 g/mol. The molecule has 23 heavy (non-hydrogen) atoms. The molecule has 138 valence electrons. The quantitative estimate of drug-likeness (QED) is 0.727. The lowest BCUT2D eigenvalue weighted by Crippen LogP contribution is -2.43. The van der Waals surface area contributed by atoms with Gasteiger partial charge in [0.2, 0.25) is 0 Å². The minimum absolute atomic E-state index is 0.0162. The minimum Gasteiger partial charge on any atom is -0.461 e. The molecule has 1 unspecified atom stereocenters. The highest BCUT2D eigenvalue weighted by Crippen LogP contribution is 2.20. The Morgan fingerprint density at radius 3 is 1.70 bits per heavy atom. The third-order valence-corrected chi connectivity index (χ3v) is 1.95. The summed E-state index contributed by atoms with van der Waals surface area (Å²) in [7, 11) is 1.00. The highest BCUT2D eigenvalue weighted by molar-refractivity contribution is 5.71. The smallest absolute Gasteiger partial charge is 0.461 e. The fourth-order valence-electron chi connectivity index (χ4n) is 1.02. The first-order valence-corrected chi connectivity index (χ1v) is 6.63. The van der Waals surface area contributed by atoms with Crippen molar-refractivity contribution in [3.63, 3.8) is 0 Å². The van der Waals surface area contributed by atoms with Crippen LogP contribution in [-0.2, 0) is 14.3 Å². The fourth-order valence-corrected chi connectivity index (χ4v) is 1.02. The molecule has 0 saturated carbocycles. The van der Waals surface area contributed by atoms with Crippen molar-refractivity contribution in [2.24, 2.45) is 0 Å². The molecule has 6 nitrogen and oxygen atoms in total. The zero-order valence-electron chi connectivity index (χ0n) is 14.2. The Labute approximate surface area is 133 Å². The molecule has 2 heterocycles. The molecule has 1 aliphatic rings. The molecule has 0 aromatic carbocycles. The number of ether oxygens (including phenoxy) is 2. The van der Waals surface area contributed by atoms with E-state index in [-0.39, 0.29) is 13.2 Å². The minimum atomic E-state index is -1.44. The second-order valence-electron chi connectivity index (χ2n) is 3.80. The number of hydrogen-bond acceptors (Lipinski definition) is 6. The Balaban J connectivity index is -0.000000282. The van der Waals surface area contributed by atoms with E-state index in [2.05, 4.69) is 13.6 Å². The average Bonchev–Trinajstić information content (AvgIpc) is 3.04. The van der Waals surface area contributed by atoms with Gasteiger partial charge in [-0.1, -0.05) is 13.8 Å². The fraction of sp³-hybridized carbons (Fsp3) is 0.714. The van der Waals surface area contributed by atoms with Crippen molar-refractivity contribution in [3.8, 4) is 0 Å². The van der Waals surface area contributed by atoms with Crippen molar-refractivity contribution >= 4 is 5.97 Å². The molecule has 1 aromatic heterocycles. The highest BCUT2D eigenvalue weighted by Gasteiger charge is 2.34. The number of carbonyl (C=O) groups excluding carboxylic acids is 1. The summed E-state index contributed by atoms with van der Waals surface area (Å²) in [6.07, 6.45) is 1.74. The zero-order chi connectivity index (χ0) is 18.9. The Bertz CT molecular complexity index is 384. The van der Waals surface area contributed by atoms with Crippen LogP contribution in [0.2, 0.25) is 0 Å². The molecule has 1 saturated heterocycles. The lowest BCUT2D eigenvalue weighted by molar-refractivity contribution is -0.179. The molecule has 1 aliphatic heterocycles. The van der Waals surface area contributed by atoms with Gasteiger partial charge in [-0.15, -0.1) is 0 Å². The molecule has 0 amide bonds. The van der Waals surface area contributed by atoms with Crippen LogP contribution in [0, 0.1) is 0 Å². The topological polar surface area (TPSA) is 78.9 Å². The second-order valence-corrected chi connectivity index (χ2v) is 3.80. The summed E-state index contributed by atoms with van der Waals surface area (Å²) in [5, 5.41) is 0. The van der Waals surface area contributed by atoms with Gasteiger partial charge in [-0.3, -0.25) is 8.78 Å². The van der Waals surface area contributed by atoms with Gasteiger partial charge in [0.15, 0.2) is 0 Å². The molecule has 0 radical (unpaired) electrons. The number of alkyl halides is 3. The Morgan fingerprint density at radius 1 is 1.04 bits per heavy atom. The predicted octanol–water partition coefficient (Wildman–Crippen LogP) is 3.11. The summed E-state index contributed by atoms with van der Waals surface area (Å²) in [6.45, 7) is 6.67. The summed E-state index contributed by atoms with van der Waals surface area (Å²) in [6, 6.07) is 0. The Hall–Kier alpha value is -1.77. The van der Waals surface area contributed by atoms with Crippen LogP contribution < -0.4 is 5.82 Å². The van der Waals surface area contributed by atoms with Crippen LogP contribution in [0.1, 0.15) is 27.7 Å². The summed E-state index contributed by atoms with van der Waals surface area (Å²) < 4.78 is 49.8. The molecular formula is C14H25F3O6. The molecular weight excluding hydrogens is 321 g/mol. The van der Waals surface area contributed by atoms with Gasteiger partial charge in [0.05, 0.1) is 14.4 Å². The van der Waals surface area contributed by atoms with Gasteiger partial charge in [0.1, 0.15) is 37.5 Å². The number of cyclic esters (lactones) is 1. The molecule has 1 atom stereocenters. The van der Waals surface area contributed by atoms with Crippen LogP contribution in [0.15, 0.2) is 26.2 Å². The van der Waals surface area contributed by atoms with Crippen LogP contribution in [0.5, 0.6) is 0 Å². The van der Waals surface area contributed by atoms with Gasteiger partial charge in [-0.25, -0.2) is 14.0 Å². The molecule has 0 N–H and O–H groups in total.